The minimum atomic E-state index is -1.16. The summed E-state index contributed by atoms with van der Waals surface area (Å²) in [6.07, 6.45) is 3.25. The third-order valence-electron chi connectivity index (χ3n) is 1.71. The minimum Gasteiger partial charge on any atom is -0.478 e. The first kappa shape index (κ1) is 11.0. The van der Waals surface area contributed by atoms with E-state index < -0.39 is 11.9 Å². The van der Waals surface area contributed by atoms with Gasteiger partial charge in [0, 0.05) is 12.2 Å². The highest BCUT2D eigenvalue weighted by Crippen LogP contribution is 2.11. The van der Waals surface area contributed by atoms with E-state index in [0.29, 0.717) is 5.76 Å². The molecule has 0 aliphatic heterocycles. The molecule has 0 bridgehead atoms. The van der Waals surface area contributed by atoms with Crippen LogP contribution >= 0.6 is 0 Å². The van der Waals surface area contributed by atoms with Gasteiger partial charge in [0.1, 0.15) is 5.76 Å². The van der Waals surface area contributed by atoms with Crippen molar-refractivity contribution < 1.29 is 19.1 Å². The molecule has 0 unspecified atom stereocenters. The molecule has 5 nitrogen and oxygen atoms in total. The molecule has 2 N–H and O–H groups in total. The lowest BCUT2D eigenvalue weighted by Gasteiger charge is -2.08. The van der Waals surface area contributed by atoms with Crippen LogP contribution < -0.4 is 5.32 Å². The van der Waals surface area contributed by atoms with Crippen molar-refractivity contribution in [3.05, 3.63) is 36.3 Å². The number of rotatable bonds is 4. The molecule has 0 aliphatic carbocycles. The summed E-state index contributed by atoms with van der Waals surface area (Å²) in [5.74, 6) is -1.01. The number of nitrogens with one attached hydrogen (secondary N) is 1. The van der Waals surface area contributed by atoms with Gasteiger partial charge in [0.2, 0.25) is 5.91 Å². The average molecular weight is 209 g/mol. The van der Waals surface area contributed by atoms with Gasteiger partial charge >= 0.3 is 5.97 Å². The fourth-order valence-corrected chi connectivity index (χ4v) is 1.02. The van der Waals surface area contributed by atoms with E-state index >= 15 is 0 Å². The van der Waals surface area contributed by atoms with Crippen LogP contribution in [0.5, 0.6) is 0 Å². The maximum absolute atomic E-state index is 11.2. The Morgan fingerprint density at radius 3 is 2.80 bits per heavy atom. The van der Waals surface area contributed by atoms with Crippen LogP contribution in [0.15, 0.2) is 35.0 Å². The number of aliphatic carboxylic acids is 1. The largest absolute Gasteiger partial charge is 0.478 e. The topological polar surface area (TPSA) is 79.5 Å². The summed E-state index contributed by atoms with van der Waals surface area (Å²) in [7, 11) is 0. The lowest BCUT2D eigenvalue weighted by atomic mass is 10.2. The molecular formula is C10H11NO4. The molecule has 1 rings (SSSR count). The quantitative estimate of drug-likeness (QED) is 0.727. The number of furan rings is 1. The zero-order chi connectivity index (χ0) is 11.3. The molecule has 1 atom stereocenters. The van der Waals surface area contributed by atoms with Crippen LogP contribution in [0.25, 0.3) is 0 Å². The summed E-state index contributed by atoms with van der Waals surface area (Å²) in [5, 5.41) is 10.8. The molecule has 1 amide bonds. The second-order valence-electron chi connectivity index (χ2n) is 2.92. The lowest BCUT2D eigenvalue weighted by Crippen LogP contribution is -2.24. The first-order chi connectivity index (χ1) is 7.09. The summed E-state index contributed by atoms with van der Waals surface area (Å²) in [4.78, 5) is 21.3. The Morgan fingerprint density at radius 2 is 2.27 bits per heavy atom. The molecule has 5 heteroatoms. The van der Waals surface area contributed by atoms with Crippen LogP contribution in [0.2, 0.25) is 0 Å². The highest BCUT2D eigenvalue weighted by molar-refractivity contribution is 5.93. The third kappa shape index (κ3) is 3.68. The van der Waals surface area contributed by atoms with Crippen molar-refractivity contribution in [1.82, 2.24) is 5.32 Å². The van der Waals surface area contributed by atoms with Crippen molar-refractivity contribution in [1.29, 1.82) is 0 Å². The SMILES string of the molecule is C[C@@H](NC(=O)/C=C/C(=O)O)c1ccco1. The van der Waals surface area contributed by atoms with Gasteiger partial charge in [0.05, 0.1) is 12.3 Å². The van der Waals surface area contributed by atoms with Gasteiger partial charge in [-0.2, -0.15) is 0 Å². The van der Waals surface area contributed by atoms with E-state index in [2.05, 4.69) is 5.32 Å². The molecule has 1 aromatic rings. The normalized spacial score (nSPS) is 12.6. The predicted octanol–water partition coefficient (Wildman–Crippen LogP) is 1.10. The minimum absolute atomic E-state index is 0.286. The molecule has 1 aromatic heterocycles. The number of hydrogen-bond acceptors (Lipinski definition) is 3. The molecule has 0 aliphatic rings. The van der Waals surface area contributed by atoms with E-state index in [1.807, 2.05) is 0 Å². The molecule has 15 heavy (non-hydrogen) atoms. The smallest absolute Gasteiger partial charge is 0.328 e. The first-order valence-corrected chi connectivity index (χ1v) is 4.34. The Bertz CT molecular complexity index is 367. The van der Waals surface area contributed by atoms with E-state index in [9.17, 15) is 9.59 Å². The van der Waals surface area contributed by atoms with Gasteiger partial charge in [-0.1, -0.05) is 0 Å². The molecule has 0 saturated heterocycles. The highest BCUT2D eigenvalue weighted by Gasteiger charge is 2.09. The van der Waals surface area contributed by atoms with Crippen molar-refractivity contribution in [3.8, 4) is 0 Å². The maximum Gasteiger partial charge on any atom is 0.328 e. The van der Waals surface area contributed by atoms with E-state index in [1.165, 1.54) is 6.26 Å². The van der Waals surface area contributed by atoms with E-state index in [1.54, 1.807) is 19.1 Å². The number of carbonyl (C=O) groups is 2. The number of amides is 1. The molecule has 0 saturated carbocycles. The van der Waals surface area contributed by atoms with E-state index in [4.69, 9.17) is 9.52 Å². The number of carboxylic acids is 1. The zero-order valence-electron chi connectivity index (χ0n) is 8.14. The van der Waals surface area contributed by atoms with Gasteiger partial charge in [-0.05, 0) is 19.1 Å². The second-order valence-corrected chi connectivity index (χ2v) is 2.92. The fourth-order valence-electron chi connectivity index (χ4n) is 1.02. The Balaban J connectivity index is 2.49. The molecule has 1 heterocycles. The van der Waals surface area contributed by atoms with Crippen LogP contribution in [0.3, 0.4) is 0 Å². The van der Waals surface area contributed by atoms with Crippen LogP contribution in [0.1, 0.15) is 18.7 Å². The van der Waals surface area contributed by atoms with Crippen molar-refractivity contribution >= 4 is 11.9 Å². The average Bonchev–Trinajstić information content (AvgIpc) is 2.67. The first-order valence-electron chi connectivity index (χ1n) is 4.34. The molecule has 0 fully saturated rings. The summed E-state index contributed by atoms with van der Waals surface area (Å²) >= 11 is 0. The van der Waals surface area contributed by atoms with Crippen molar-refractivity contribution in [3.63, 3.8) is 0 Å². The molecular weight excluding hydrogens is 198 g/mol. The molecule has 0 aromatic carbocycles. The predicted molar refractivity (Wildman–Crippen MR) is 52.0 cm³/mol. The maximum atomic E-state index is 11.2. The van der Waals surface area contributed by atoms with Gasteiger partial charge in [-0.3, -0.25) is 4.79 Å². The summed E-state index contributed by atoms with van der Waals surface area (Å²) in [6.45, 7) is 1.74. The molecule has 0 spiro atoms. The van der Waals surface area contributed by atoms with Crippen LogP contribution in [0.4, 0.5) is 0 Å². The zero-order valence-corrected chi connectivity index (χ0v) is 8.14. The summed E-state index contributed by atoms with van der Waals surface area (Å²) in [5.41, 5.74) is 0. The van der Waals surface area contributed by atoms with E-state index in [-0.39, 0.29) is 6.04 Å². The number of carbonyl (C=O) groups excluding carboxylic acids is 1. The van der Waals surface area contributed by atoms with Crippen LogP contribution in [-0.2, 0) is 9.59 Å². The van der Waals surface area contributed by atoms with Gasteiger partial charge in [0.25, 0.3) is 0 Å². The van der Waals surface area contributed by atoms with Crippen molar-refractivity contribution in [2.75, 3.05) is 0 Å². The fraction of sp³-hybridized carbons (Fsp3) is 0.200. The molecule has 0 radical (unpaired) electrons. The van der Waals surface area contributed by atoms with E-state index in [0.717, 1.165) is 12.2 Å². The highest BCUT2D eigenvalue weighted by atomic mass is 16.4. The second kappa shape index (κ2) is 4.99. The van der Waals surface area contributed by atoms with Gasteiger partial charge in [0.15, 0.2) is 0 Å². The monoisotopic (exact) mass is 209 g/mol. The lowest BCUT2D eigenvalue weighted by molar-refractivity contribution is -0.131. The van der Waals surface area contributed by atoms with Crippen LogP contribution in [0, 0.1) is 0 Å². The van der Waals surface area contributed by atoms with Crippen molar-refractivity contribution in [2.24, 2.45) is 0 Å². The van der Waals surface area contributed by atoms with Gasteiger partial charge < -0.3 is 14.8 Å². The third-order valence-corrected chi connectivity index (χ3v) is 1.71. The van der Waals surface area contributed by atoms with Gasteiger partial charge in [-0.15, -0.1) is 0 Å². The Morgan fingerprint density at radius 1 is 1.53 bits per heavy atom. The summed E-state index contributed by atoms with van der Waals surface area (Å²) in [6, 6.07) is 3.16. The van der Waals surface area contributed by atoms with Crippen LogP contribution in [-0.4, -0.2) is 17.0 Å². The van der Waals surface area contributed by atoms with Crippen molar-refractivity contribution in [2.45, 2.75) is 13.0 Å². The standard InChI is InChI=1S/C10H11NO4/c1-7(8-3-2-6-15-8)11-9(12)4-5-10(13)14/h2-7H,1H3,(H,11,12)(H,13,14)/b5-4+/t7-/m1/s1. The Labute approximate surface area is 86.4 Å². The Kier molecular flexibility index (Phi) is 3.68. The summed E-state index contributed by atoms with van der Waals surface area (Å²) < 4.78 is 5.07. The number of carboxylic acid groups (broad SMARTS) is 1. The van der Waals surface area contributed by atoms with Gasteiger partial charge in [-0.25, -0.2) is 4.79 Å². The molecule has 80 valence electrons. The number of hydrogen-bond donors (Lipinski definition) is 2. The Hall–Kier alpha value is -2.04.